The molecule has 0 spiro atoms. The second-order valence-corrected chi connectivity index (χ2v) is 6.61. The molecular formula is C20H30IN5O3. The molecule has 1 aliphatic rings. The lowest BCUT2D eigenvalue weighted by Crippen LogP contribution is -2.52. The maximum atomic E-state index is 5.76. The van der Waals surface area contributed by atoms with E-state index >= 15 is 0 Å². The summed E-state index contributed by atoms with van der Waals surface area (Å²) in [5.41, 5.74) is 0.979. The van der Waals surface area contributed by atoms with Gasteiger partial charge in [0.2, 0.25) is 0 Å². The van der Waals surface area contributed by atoms with Crippen molar-refractivity contribution in [1.29, 1.82) is 0 Å². The molecule has 0 aliphatic carbocycles. The van der Waals surface area contributed by atoms with Crippen LogP contribution in [0.2, 0.25) is 0 Å². The lowest BCUT2D eigenvalue weighted by Gasteiger charge is -2.36. The Labute approximate surface area is 189 Å². The summed E-state index contributed by atoms with van der Waals surface area (Å²) in [6, 6.07) is 9.56. The van der Waals surface area contributed by atoms with Crippen molar-refractivity contribution in [2.24, 2.45) is 4.99 Å². The molecule has 1 N–H and O–H groups in total. The first-order chi connectivity index (χ1) is 13.8. The molecule has 29 heavy (non-hydrogen) atoms. The van der Waals surface area contributed by atoms with Crippen molar-refractivity contribution in [2.75, 3.05) is 53.5 Å². The highest BCUT2D eigenvalue weighted by molar-refractivity contribution is 14.0. The van der Waals surface area contributed by atoms with Crippen LogP contribution in [0.15, 0.2) is 46.1 Å². The summed E-state index contributed by atoms with van der Waals surface area (Å²) < 4.78 is 15.8. The van der Waals surface area contributed by atoms with Crippen LogP contribution in [0, 0.1) is 0 Å². The molecule has 0 radical (unpaired) electrons. The third-order valence-electron chi connectivity index (χ3n) is 4.69. The Bertz CT molecular complexity index is 716. The maximum absolute atomic E-state index is 5.76. The summed E-state index contributed by atoms with van der Waals surface area (Å²) in [4.78, 5) is 9.09. The van der Waals surface area contributed by atoms with Gasteiger partial charge in [-0.1, -0.05) is 5.16 Å². The Morgan fingerprint density at radius 2 is 1.86 bits per heavy atom. The van der Waals surface area contributed by atoms with E-state index in [1.165, 1.54) is 0 Å². The summed E-state index contributed by atoms with van der Waals surface area (Å²) in [5, 5.41) is 7.42. The van der Waals surface area contributed by atoms with Crippen LogP contribution in [0.3, 0.4) is 0 Å². The van der Waals surface area contributed by atoms with Gasteiger partial charge in [-0.05, 0) is 30.7 Å². The number of ether oxygens (including phenoxy) is 2. The zero-order chi connectivity index (χ0) is 19.6. The van der Waals surface area contributed by atoms with Crippen molar-refractivity contribution in [2.45, 2.75) is 13.0 Å². The number of methoxy groups -OCH3 is 1. The van der Waals surface area contributed by atoms with E-state index in [9.17, 15) is 0 Å². The van der Waals surface area contributed by atoms with Gasteiger partial charge in [-0.15, -0.1) is 24.0 Å². The van der Waals surface area contributed by atoms with E-state index in [2.05, 4.69) is 25.3 Å². The molecule has 0 atom stereocenters. The molecule has 0 saturated carbocycles. The van der Waals surface area contributed by atoms with Crippen molar-refractivity contribution in [3.8, 4) is 11.5 Å². The molecule has 0 bridgehead atoms. The minimum absolute atomic E-state index is 0. The van der Waals surface area contributed by atoms with E-state index in [1.807, 2.05) is 37.4 Å². The first-order valence-corrected chi connectivity index (χ1v) is 9.62. The minimum Gasteiger partial charge on any atom is -0.497 e. The number of piperazine rings is 1. The molecule has 9 heteroatoms. The summed E-state index contributed by atoms with van der Waals surface area (Å²) >= 11 is 0. The molecule has 8 nitrogen and oxygen atoms in total. The first-order valence-electron chi connectivity index (χ1n) is 9.62. The van der Waals surface area contributed by atoms with Gasteiger partial charge in [0.25, 0.3) is 0 Å². The third-order valence-corrected chi connectivity index (χ3v) is 4.69. The highest BCUT2D eigenvalue weighted by Crippen LogP contribution is 2.17. The van der Waals surface area contributed by atoms with Crippen LogP contribution >= 0.6 is 24.0 Å². The van der Waals surface area contributed by atoms with Crippen molar-refractivity contribution in [3.63, 3.8) is 0 Å². The van der Waals surface area contributed by atoms with Gasteiger partial charge in [0.05, 0.1) is 19.4 Å². The zero-order valence-corrected chi connectivity index (χ0v) is 19.4. The molecule has 160 valence electrons. The molecule has 0 unspecified atom stereocenters. The van der Waals surface area contributed by atoms with Gasteiger partial charge in [-0.25, -0.2) is 0 Å². The number of aromatic nitrogens is 1. The smallest absolute Gasteiger partial charge is 0.193 e. The average Bonchev–Trinajstić information content (AvgIpc) is 3.25. The molecule has 2 heterocycles. The number of halogens is 1. The topological polar surface area (TPSA) is 75.4 Å². The fraction of sp³-hybridized carbons (Fsp3) is 0.500. The maximum Gasteiger partial charge on any atom is 0.193 e. The number of aliphatic imine (C=N–C) groups is 1. The molecule has 1 fully saturated rings. The van der Waals surface area contributed by atoms with Gasteiger partial charge in [-0.2, -0.15) is 0 Å². The average molecular weight is 515 g/mol. The molecule has 3 rings (SSSR count). The van der Waals surface area contributed by atoms with E-state index in [0.29, 0.717) is 6.61 Å². The van der Waals surface area contributed by atoms with Gasteiger partial charge in [0.15, 0.2) is 5.96 Å². The molecule has 1 aromatic carbocycles. The molecule has 1 aromatic heterocycles. The van der Waals surface area contributed by atoms with Crippen LogP contribution < -0.4 is 14.8 Å². The number of guanidine groups is 1. The van der Waals surface area contributed by atoms with Crippen LogP contribution in [0.4, 0.5) is 0 Å². The Morgan fingerprint density at radius 3 is 2.48 bits per heavy atom. The fourth-order valence-corrected chi connectivity index (χ4v) is 3.13. The number of nitrogens with one attached hydrogen (secondary N) is 1. The number of hydrogen-bond donors (Lipinski definition) is 1. The highest BCUT2D eigenvalue weighted by Gasteiger charge is 2.20. The van der Waals surface area contributed by atoms with Crippen molar-refractivity contribution in [1.82, 2.24) is 20.3 Å². The minimum atomic E-state index is 0. The lowest BCUT2D eigenvalue weighted by molar-refractivity contribution is 0.169. The van der Waals surface area contributed by atoms with Crippen LogP contribution in [-0.2, 0) is 6.54 Å². The Balaban J connectivity index is 0.00000300. The number of benzene rings is 1. The number of nitrogens with zero attached hydrogens (tertiary/aromatic N) is 4. The van der Waals surface area contributed by atoms with Gasteiger partial charge < -0.3 is 24.2 Å². The molecule has 0 amide bonds. The molecule has 1 aliphatic heterocycles. The summed E-state index contributed by atoms with van der Waals surface area (Å²) in [6.45, 7) is 6.16. The van der Waals surface area contributed by atoms with Gasteiger partial charge >= 0.3 is 0 Å². The monoisotopic (exact) mass is 515 g/mol. The molecular weight excluding hydrogens is 485 g/mol. The van der Waals surface area contributed by atoms with Crippen LogP contribution in [-0.4, -0.2) is 74.4 Å². The summed E-state index contributed by atoms with van der Waals surface area (Å²) in [5.74, 6) is 2.64. The van der Waals surface area contributed by atoms with Crippen LogP contribution in [0.5, 0.6) is 11.5 Å². The summed E-state index contributed by atoms with van der Waals surface area (Å²) in [6.07, 6.45) is 2.52. The quantitative estimate of drug-likeness (QED) is 0.251. The standard InChI is InChI=1S/C20H29N5O3.HI/c1-21-20(22-9-3-14-27-19-6-4-18(26-2)5-7-19)25-12-10-24(11-13-25)16-17-8-15-28-23-17;/h4-8,15H,3,9-14,16H2,1-2H3,(H,21,22);1H. The molecule has 1 saturated heterocycles. The highest BCUT2D eigenvalue weighted by atomic mass is 127. The Kier molecular flexibility index (Phi) is 10.1. The molecule has 2 aromatic rings. The second kappa shape index (κ2) is 12.5. The van der Waals surface area contributed by atoms with Gasteiger partial charge in [-0.3, -0.25) is 9.89 Å². The van der Waals surface area contributed by atoms with E-state index in [4.69, 9.17) is 14.0 Å². The van der Waals surface area contributed by atoms with E-state index < -0.39 is 0 Å². The van der Waals surface area contributed by atoms with Gasteiger partial charge in [0.1, 0.15) is 17.8 Å². The lowest BCUT2D eigenvalue weighted by atomic mass is 10.3. The summed E-state index contributed by atoms with van der Waals surface area (Å²) in [7, 11) is 3.49. The largest absolute Gasteiger partial charge is 0.497 e. The van der Waals surface area contributed by atoms with Crippen LogP contribution in [0.25, 0.3) is 0 Å². The SMILES string of the molecule is CN=C(NCCCOc1ccc(OC)cc1)N1CCN(Cc2ccon2)CC1.I. The van der Waals surface area contributed by atoms with E-state index in [0.717, 1.165) is 68.8 Å². The van der Waals surface area contributed by atoms with Crippen molar-refractivity contribution >= 4 is 29.9 Å². The first kappa shape index (κ1) is 23.3. The zero-order valence-electron chi connectivity index (χ0n) is 17.0. The van der Waals surface area contributed by atoms with Crippen molar-refractivity contribution in [3.05, 3.63) is 42.3 Å². The number of hydrogen-bond acceptors (Lipinski definition) is 6. The van der Waals surface area contributed by atoms with Crippen molar-refractivity contribution < 1.29 is 14.0 Å². The third kappa shape index (κ3) is 7.39. The normalized spacial score (nSPS) is 15.0. The predicted molar refractivity (Wildman–Crippen MR) is 123 cm³/mol. The fourth-order valence-electron chi connectivity index (χ4n) is 3.13. The predicted octanol–water partition coefficient (Wildman–Crippen LogP) is 2.46. The van der Waals surface area contributed by atoms with Gasteiger partial charge in [0, 0.05) is 52.4 Å². The Hall–Kier alpha value is -2.01. The second-order valence-electron chi connectivity index (χ2n) is 6.61. The van der Waals surface area contributed by atoms with E-state index in [-0.39, 0.29) is 24.0 Å². The Morgan fingerprint density at radius 1 is 1.14 bits per heavy atom. The number of rotatable bonds is 8. The van der Waals surface area contributed by atoms with E-state index in [1.54, 1.807) is 13.4 Å². The van der Waals surface area contributed by atoms with Crippen LogP contribution in [0.1, 0.15) is 12.1 Å².